The molecule has 1 saturated carbocycles. The zero-order chi connectivity index (χ0) is 14.0. The second kappa shape index (κ2) is 5.77. The minimum atomic E-state index is 0.556. The third-order valence-electron chi connectivity index (χ3n) is 5.17. The van der Waals surface area contributed by atoms with E-state index in [1.807, 2.05) is 0 Å². The summed E-state index contributed by atoms with van der Waals surface area (Å²) in [5, 5.41) is 3.45. The van der Waals surface area contributed by atoms with Crippen LogP contribution in [-0.2, 0) is 0 Å². The molecule has 20 heavy (non-hydrogen) atoms. The van der Waals surface area contributed by atoms with Crippen LogP contribution in [0.1, 0.15) is 51.0 Å². The molecule has 3 rings (SSSR count). The van der Waals surface area contributed by atoms with Gasteiger partial charge in [-0.2, -0.15) is 0 Å². The molecular weight excluding hydrogens is 244 g/mol. The Morgan fingerprint density at radius 1 is 1.05 bits per heavy atom. The second-order valence-electron chi connectivity index (χ2n) is 7.23. The highest BCUT2D eigenvalue weighted by Gasteiger charge is 2.29. The largest absolute Gasteiger partial charge is 0.369 e. The summed E-state index contributed by atoms with van der Waals surface area (Å²) in [6, 6.07) is 9.13. The lowest BCUT2D eigenvalue weighted by Crippen LogP contribution is -2.44. The number of hydrogen-bond donors (Lipinski definition) is 1. The summed E-state index contributed by atoms with van der Waals surface area (Å²) >= 11 is 0. The van der Waals surface area contributed by atoms with Gasteiger partial charge in [0.1, 0.15) is 0 Å². The highest BCUT2D eigenvalue weighted by molar-refractivity contribution is 5.55. The quantitative estimate of drug-likeness (QED) is 0.881. The molecular formula is C18H28N2. The number of benzene rings is 1. The summed E-state index contributed by atoms with van der Waals surface area (Å²) in [7, 11) is 0. The Hall–Kier alpha value is -1.02. The van der Waals surface area contributed by atoms with E-state index in [1.165, 1.54) is 31.4 Å². The molecule has 0 radical (unpaired) electrons. The molecule has 0 unspecified atom stereocenters. The first-order valence-corrected chi connectivity index (χ1v) is 8.20. The van der Waals surface area contributed by atoms with Gasteiger partial charge in [0.2, 0.25) is 0 Å². The van der Waals surface area contributed by atoms with E-state index in [1.54, 1.807) is 5.56 Å². The van der Waals surface area contributed by atoms with E-state index in [-0.39, 0.29) is 0 Å². The van der Waals surface area contributed by atoms with Gasteiger partial charge in [-0.15, -0.1) is 0 Å². The number of anilines is 1. The summed E-state index contributed by atoms with van der Waals surface area (Å²) in [6.45, 7) is 9.37. The van der Waals surface area contributed by atoms with Crippen molar-refractivity contribution in [3.8, 4) is 0 Å². The van der Waals surface area contributed by atoms with Crippen LogP contribution in [0.25, 0.3) is 0 Å². The number of nitrogens with one attached hydrogen (secondary N) is 1. The van der Waals surface area contributed by atoms with Crippen LogP contribution in [0.3, 0.4) is 0 Å². The van der Waals surface area contributed by atoms with E-state index in [0.717, 1.165) is 32.1 Å². The highest BCUT2D eigenvalue weighted by atomic mass is 15.2. The van der Waals surface area contributed by atoms with Gasteiger partial charge in [-0.25, -0.2) is 0 Å². The molecule has 1 N–H and O–H groups in total. The maximum absolute atomic E-state index is 3.45. The average Bonchev–Trinajstić information content (AvgIpc) is 2.48. The number of rotatable bonds is 2. The SMILES string of the molecule is CC1(C)CCC(c2ccccc2N2CCNCC2)CC1. The minimum Gasteiger partial charge on any atom is -0.369 e. The summed E-state index contributed by atoms with van der Waals surface area (Å²) in [4.78, 5) is 2.57. The molecule has 0 aromatic heterocycles. The molecule has 1 aromatic carbocycles. The summed E-state index contributed by atoms with van der Waals surface area (Å²) in [6.07, 6.45) is 5.45. The van der Waals surface area contributed by atoms with Gasteiger partial charge in [0.15, 0.2) is 0 Å². The third kappa shape index (κ3) is 3.01. The summed E-state index contributed by atoms with van der Waals surface area (Å²) in [5.41, 5.74) is 3.66. The summed E-state index contributed by atoms with van der Waals surface area (Å²) in [5.74, 6) is 0.772. The van der Waals surface area contributed by atoms with Crippen molar-refractivity contribution >= 4 is 5.69 Å². The molecule has 0 atom stereocenters. The number of piperazine rings is 1. The second-order valence-corrected chi connectivity index (χ2v) is 7.23. The molecule has 1 heterocycles. The lowest BCUT2D eigenvalue weighted by molar-refractivity contribution is 0.224. The van der Waals surface area contributed by atoms with Crippen LogP contribution in [-0.4, -0.2) is 26.2 Å². The number of para-hydroxylation sites is 1. The molecule has 1 aliphatic heterocycles. The number of nitrogens with zero attached hydrogens (tertiary/aromatic N) is 1. The van der Waals surface area contributed by atoms with Crippen molar-refractivity contribution in [3.63, 3.8) is 0 Å². The van der Waals surface area contributed by atoms with E-state index in [9.17, 15) is 0 Å². The van der Waals surface area contributed by atoms with Gasteiger partial charge in [0.05, 0.1) is 0 Å². The lowest BCUT2D eigenvalue weighted by atomic mass is 9.71. The standard InChI is InChI=1S/C18H28N2/c1-18(2)9-7-15(8-10-18)16-5-3-4-6-17(16)20-13-11-19-12-14-20/h3-6,15,19H,7-14H2,1-2H3. The van der Waals surface area contributed by atoms with Crippen molar-refractivity contribution in [3.05, 3.63) is 29.8 Å². The van der Waals surface area contributed by atoms with Gasteiger partial charge >= 0.3 is 0 Å². The van der Waals surface area contributed by atoms with Crippen molar-refractivity contribution in [2.24, 2.45) is 5.41 Å². The Morgan fingerprint density at radius 2 is 1.70 bits per heavy atom. The van der Waals surface area contributed by atoms with Crippen LogP contribution in [0.5, 0.6) is 0 Å². The monoisotopic (exact) mass is 272 g/mol. The molecule has 0 bridgehead atoms. The van der Waals surface area contributed by atoms with Crippen LogP contribution in [0, 0.1) is 5.41 Å². The first kappa shape index (κ1) is 13.9. The molecule has 2 fully saturated rings. The Bertz CT molecular complexity index is 436. The van der Waals surface area contributed by atoms with Crippen LogP contribution in [0.4, 0.5) is 5.69 Å². The zero-order valence-corrected chi connectivity index (χ0v) is 13.0. The first-order chi connectivity index (χ1) is 9.66. The van der Waals surface area contributed by atoms with E-state index >= 15 is 0 Å². The van der Waals surface area contributed by atoms with Gasteiger partial charge in [-0.05, 0) is 48.6 Å². The van der Waals surface area contributed by atoms with Crippen molar-refractivity contribution in [1.82, 2.24) is 5.32 Å². The van der Waals surface area contributed by atoms with Gasteiger partial charge in [0, 0.05) is 31.9 Å². The van der Waals surface area contributed by atoms with Crippen LogP contribution < -0.4 is 10.2 Å². The van der Waals surface area contributed by atoms with Crippen molar-refractivity contribution in [2.45, 2.75) is 45.4 Å². The molecule has 1 aromatic rings. The van der Waals surface area contributed by atoms with Gasteiger partial charge < -0.3 is 10.2 Å². The fourth-order valence-corrected chi connectivity index (χ4v) is 3.74. The lowest BCUT2D eigenvalue weighted by Gasteiger charge is -2.37. The van der Waals surface area contributed by atoms with Gasteiger partial charge in [-0.1, -0.05) is 32.0 Å². The van der Waals surface area contributed by atoms with E-state index in [4.69, 9.17) is 0 Å². The predicted octanol–water partition coefficient (Wildman–Crippen LogP) is 3.78. The maximum atomic E-state index is 3.45. The van der Waals surface area contributed by atoms with Crippen molar-refractivity contribution < 1.29 is 0 Å². The molecule has 0 amide bonds. The molecule has 0 spiro atoms. The number of hydrogen-bond acceptors (Lipinski definition) is 2. The fourth-order valence-electron chi connectivity index (χ4n) is 3.74. The first-order valence-electron chi connectivity index (χ1n) is 8.20. The topological polar surface area (TPSA) is 15.3 Å². The molecule has 2 nitrogen and oxygen atoms in total. The third-order valence-corrected chi connectivity index (χ3v) is 5.17. The smallest absolute Gasteiger partial charge is 0.0402 e. The molecule has 1 aliphatic carbocycles. The summed E-state index contributed by atoms with van der Waals surface area (Å²) < 4.78 is 0. The van der Waals surface area contributed by atoms with E-state index < -0.39 is 0 Å². The minimum absolute atomic E-state index is 0.556. The normalized spacial score (nSPS) is 23.8. The van der Waals surface area contributed by atoms with Crippen LogP contribution in [0.15, 0.2) is 24.3 Å². The van der Waals surface area contributed by atoms with Crippen molar-refractivity contribution in [1.29, 1.82) is 0 Å². The Morgan fingerprint density at radius 3 is 2.40 bits per heavy atom. The van der Waals surface area contributed by atoms with E-state index in [0.29, 0.717) is 5.41 Å². The highest BCUT2D eigenvalue weighted by Crippen LogP contribution is 2.44. The zero-order valence-electron chi connectivity index (χ0n) is 13.0. The molecule has 2 aliphatic rings. The van der Waals surface area contributed by atoms with Gasteiger partial charge in [0.25, 0.3) is 0 Å². The Kier molecular flexibility index (Phi) is 4.02. The average molecular weight is 272 g/mol. The van der Waals surface area contributed by atoms with Crippen LogP contribution >= 0.6 is 0 Å². The molecule has 110 valence electrons. The molecule has 2 heteroatoms. The Balaban J connectivity index is 1.79. The van der Waals surface area contributed by atoms with E-state index in [2.05, 4.69) is 48.3 Å². The van der Waals surface area contributed by atoms with Gasteiger partial charge in [-0.3, -0.25) is 0 Å². The maximum Gasteiger partial charge on any atom is 0.0402 e. The Labute approximate surface area is 123 Å². The fraction of sp³-hybridized carbons (Fsp3) is 0.667. The predicted molar refractivity (Wildman–Crippen MR) is 86.5 cm³/mol. The molecule has 1 saturated heterocycles. The van der Waals surface area contributed by atoms with Crippen LogP contribution in [0.2, 0.25) is 0 Å². The van der Waals surface area contributed by atoms with Crippen molar-refractivity contribution in [2.75, 3.05) is 31.1 Å².